The highest BCUT2D eigenvalue weighted by Gasteiger charge is 2.23. The third kappa shape index (κ3) is 2.73. The molecular weight excluding hydrogens is 376 g/mol. The molecule has 1 heterocycles. The van der Waals surface area contributed by atoms with Gasteiger partial charge in [0.15, 0.2) is 4.67 Å². The topological polar surface area (TPSA) is 42.6 Å². The standard InChI is InChI=1S/C14H14Br2O3/c1-7-6-9(15)8(2)12(14(7)18-3)13(17)10-4-5-11(16)19-10/h4-6,13,17H,1-3H3. The van der Waals surface area contributed by atoms with E-state index < -0.39 is 6.10 Å². The van der Waals surface area contributed by atoms with E-state index in [-0.39, 0.29) is 0 Å². The molecule has 0 aliphatic carbocycles. The lowest BCUT2D eigenvalue weighted by atomic mass is 9.97. The van der Waals surface area contributed by atoms with Crippen molar-refractivity contribution in [3.05, 3.63) is 49.8 Å². The smallest absolute Gasteiger partial charge is 0.169 e. The summed E-state index contributed by atoms with van der Waals surface area (Å²) < 4.78 is 12.4. The minimum atomic E-state index is -0.863. The van der Waals surface area contributed by atoms with E-state index in [1.54, 1.807) is 19.2 Å². The summed E-state index contributed by atoms with van der Waals surface area (Å²) in [5, 5.41) is 10.5. The molecule has 0 bridgehead atoms. The van der Waals surface area contributed by atoms with Gasteiger partial charge in [-0.2, -0.15) is 0 Å². The normalized spacial score (nSPS) is 12.5. The van der Waals surface area contributed by atoms with Gasteiger partial charge in [-0.25, -0.2) is 0 Å². The van der Waals surface area contributed by atoms with Crippen LogP contribution in [0.15, 0.2) is 31.8 Å². The monoisotopic (exact) mass is 388 g/mol. The number of hydrogen-bond acceptors (Lipinski definition) is 3. The molecule has 102 valence electrons. The largest absolute Gasteiger partial charge is 0.496 e. The number of benzene rings is 1. The Morgan fingerprint density at radius 3 is 2.47 bits per heavy atom. The number of halogens is 2. The molecule has 0 saturated carbocycles. The van der Waals surface area contributed by atoms with E-state index in [4.69, 9.17) is 9.15 Å². The van der Waals surface area contributed by atoms with Crippen molar-refractivity contribution in [2.75, 3.05) is 7.11 Å². The second-order valence-corrected chi connectivity index (χ2v) is 5.93. The van der Waals surface area contributed by atoms with Crippen molar-refractivity contribution < 1.29 is 14.3 Å². The van der Waals surface area contributed by atoms with E-state index in [0.717, 1.165) is 21.2 Å². The first-order valence-electron chi connectivity index (χ1n) is 5.72. The summed E-state index contributed by atoms with van der Waals surface area (Å²) in [6.45, 7) is 3.87. The predicted octanol–water partition coefficient (Wildman–Crippen LogP) is 4.51. The summed E-state index contributed by atoms with van der Waals surface area (Å²) in [5.74, 6) is 1.16. The van der Waals surface area contributed by atoms with E-state index >= 15 is 0 Å². The Balaban J connectivity index is 2.60. The Kier molecular flexibility index (Phi) is 4.38. The van der Waals surface area contributed by atoms with Crippen molar-refractivity contribution in [2.45, 2.75) is 20.0 Å². The summed E-state index contributed by atoms with van der Waals surface area (Å²) in [4.78, 5) is 0. The second-order valence-electron chi connectivity index (χ2n) is 4.29. The quantitative estimate of drug-likeness (QED) is 0.839. The summed E-state index contributed by atoms with van der Waals surface area (Å²) in [7, 11) is 1.60. The molecule has 1 unspecified atom stereocenters. The summed E-state index contributed by atoms with van der Waals surface area (Å²) in [6, 6.07) is 5.47. The molecule has 0 saturated heterocycles. The van der Waals surface area contributed by atoms with Crippen LogP contribution in [0.5, 0.6) is 5.75 Å². The highest BCUT2D eigenvalue weighted by Crippen LogP contribution is 2.39. The van der Waals surface area contributed by atoms with Crippen LogP contribution < -0.4 is 4.74 Å². The van der Waals surface area contributed by atoms with Crippen LogP contribution in [0, 0.1) is 13.8 Å². The van der Waals surface area contributed by atoms with E-state index in [1.165, 1.54) is 0 Å². The first-order chi connectivity index (χ1) is 8.95. The number of aliphatic hydroxyl groups is 1. The number of furan rings is 1. The van der Waals surface area contributed by atoms with E-state index in [9.17, 15) is 5.11 Å². The lowest BCUT2D eigenvalue weighted by molar-refractivity contribution is 0.182. The van der Waals surface area contributed by atoms with Crippen LogP contribution >= 0.6 is 31.9 Å². The molecule has 1 N–H and O–H groups in total. The maximum Gasteiger partial charge on any atom is 0.169 e. The highest BCUT2D eigenvalue weighted by atomic mass is 79.9. The molecule has 19 heavy (non-hydrogen) atoms. The molecule has 2 rings (SSSR count). The number of hydrogen-bond donors (Lipinski definition) is 1. The predicted molar refractivity (Wildman–Crippen MR) is 80.6 cm³/mol. The zero-order valence-electron chi connectivity index (χ0n) is 10.8. The number of methoxy groups -OCH3 is 1. The zero-order chi connectivity index (χ0) is 14.2. The molecule has 0 radical (unpaired) electrons. The van der Waals surface area contributed by atoms with E-state index in [1.807, 2.05) is 19.9 Å². The van der Waals surface area contributed by atoms with Crippen molar-refractivity contribution >= 4 is 31.9 Å². The number of aryl methyl sites for hydroxylation is 1. The van der Waals surface area contributed by atoms with Crippen LogP contribution in [-0.4, -0.2) is 12.2 Å². The van der Waals surface area contributed by atoms with Gasteiger partial charge in [0.2, 0.25) is 0 Å². The van der Waals surface area contributed by atoms with Crippen LogP contribution in [0.1, 0.15) is 28.6 Å². The molecule has 5 heteroatoms. The Bertz CT molecular complexity index is 605. The van der Waals surface area contributed by atoms with Crippen molar-refractivity contribution in [3.8, 4) is 5.75 Å². The molecule has 0 aliphatic heterocycles. The van der Waals surface area contributed by atoms with Gasteiger partial charge in [-0.1, -0.05) is 15.9 Å². The van der Waals surface area contributed by atoms with E-state index in [2.05, 4.69) is 31.9 Å². The Morgan fingerprint density at radius 2 is 1.95 bits per heavy atom. The Morgan fingerprint density at radius 1 is 1.26 bits per heavy atom. The fraction of sp³-hybridized carbons (Fsp3) is 0.286. The molecule has 0 fully saturated rings. The average molecular weight is 390 g/mol. The lowest BCUT2D eigenvalue weighted by Gasteiger charge is -2.19. The van der Waals surface area contributed by atoms with Gasteiger partial charge in [0.25, 0.3) is 0 Å². The molecule has 3 nitrogen and oxygen atoms in total. The van der Waals surface area contributed by atoms with Crippen LogP contribution in [0.4, 0.5) is 0 Å². The zero-order valence-corrected chi connectivity index (χ0v) is 14.0. The SMILES string of the molecule is COc1c(C)cc(Br)c(C)c1C(O)c1ccc(Br)o1. The summed E-state index contributed by atoms with van der Waals surface area (Å²) in [5.41, 5.74) is 2.61. The van der Waals surface area contributed by atoms with Gasteiger partial charge in [-0.3, -0.25) is 0 Å². The summed E-state index contributed by atoms with van der Waals surface area (Å²) in [6.07, 6.45) is -0.863. The first kappa shape index (κ1) is 14.6. The van der Waals surface area contributed by atoms with Gasteiger partial charge >= 0.3 is 0 Å². The van der Waals surface area contributed by atoms with E-state index in [0.29, 0.717) is 16.2 Å². The van der Waals surface area contributed by atoms with Gasteiger partial charge in [0, 0.05) is 10.0 Å². The van der Waals surface area contributed by atoms with Gasteiger partial charge in [-0.05, 0) is 59.1 Å². The van der Waals surface area contributed by atoms with Crippen molar-refractivity contribution in [3.63, 3.8) is 0 Å². The fourth-order valence-electron chi connectivity index (χ4n) is 2.09. The molecule has 0 amide bonds. The van der Waals surface area contributed by atoms with Crippen molar-refractivity contribution in [1.82, 2.24) is 0 Å². The molecule has 2 aromatic rings. The molecule has 0 spiro atoms. The minimum absolute atomic E-state index is 0.478. The first-order valence-corrected chi connectivity index (χ1v) is 7.31. The molecule has 1 atom stereocenters. The summed E-state index contributed by atoms with van der Waals surface area (Å²) >= 11 is 6.74. The maximum absolute atomic E-state index is 10.5. The number of aliphatic hydroxyl groups excluding tert-OH is 1. The van der Waals surface area contributed by atoms with Gasteiger partial charge in [-0.15, -0.1) is 0 Å². The van der Waals surface area contributed by atoms with Crippen LogP contribution in [0.25, 0.3) is 0 Å². The fourth-order valence-corrected chi connectivity index (χ4v) is 2.97. The maximum atomic E-state index is 10.5. The number of rotatable bonds is 3. The lowest BCUT2D eigenvalue weighted by Crippen LogP contribution is -2.06. The molecule has 1 aromatic heterocycles. The number of ether oxygens (including phenoxy) is 1. The van der Waals surface area contributed by atoms with Crippen molar-refractivity contribution in [1.29, 1.82) is 0 Å². The second kappa shape index (κ2) is 5.69. The van der Waals surface area contributed by atoms with Gasteiger partial charge < -0.3 is 14.3 Å². The Hall–Kier alpha value is -0.780. The minimum Gasteiger partial charge on any atom is -0.496 e. The van der Waals surface area contributed by atoms with Crippen LogP contribution in [-0.2, 0) is 0 Å². The Labute approximate surface area is 128 Å². The third-order valence-corrected chi connectivity index (χ3v) is 4.30. The van der Waals surface area contributed by atoms with Crippen LogP contribution in [0.3, 0.4) is 0 Å². The third-order valence-electron chi connectivity index (χ3n) is 3.05. The van der Waals surface area contributed by atoms with Crippen molar-refractivity contribution in [2.24, 2.45) is 0 Å². The van der Waals surface area contributed by atoms with Gasteiger partial charge in [0.05, 0.1) is 7.11 Å². The average Bonchev–Trinajstić information content (AvgIpc) is 2.79. The molecule has 0 aliphatic rings. The van der Waals surface area contributed by atoms with Crippen LogP contribution in [0.2, 0.25) is 0 Å². The highest BCUT2D eigenvalue weighted by molar-refractivity contribution is 9.10. The molecule has 1 aromatic carbocycles. The van der Waals surface area contributed by atoms with Gasteiger partial charge in [0.1, 0.15) is 17.6 Å². The molecular formula is C14H14Br2O3.